The van der Waals surface area contributed by atoms with Gasteiger partial charge in [-0.15, -0.1) is 0 Å². The van der Waals surface area contributed by atoms with Gasteiger partial charge in [-0.05, 0) is 62.4 Å². The van der Waals surface area contributed by atoms with E-state index in [1.54, 1.807) is 33.8 Å². The van der Waals surface area contributed by atoms with Gasteiger partial charge >= 0.3 is 17.9 Å². The smallest absolute Gasteiger partial charge is 0.339 e. The van der Waals surface area contributed by atoms with Gasteiger partial charge in [-0.3, -0.25) is 0 Å². The van der Waals surface area contributed by atoms with E-state index in [1.807, 2.05) is 48.5 Å². The summed E-state index contributed by atoms with van der Waals surface area (Å²) in [5, 5.41) is 2.39. The Bertz CT molecular complexity index is 1330. The summed E-state index contributed by atoms with van der Waals surface area (Å²) in [4.78, 5) is 38.3. The number of benzene rings is 3. The van der Waals surface area contributed by atoms with Crippen molar-refractivity contribution in [3.8, 4) is 0 Å². The summed E-state index contributed by atoms with van der Waals surface area (Å²) >= 11 is 0. The van der Waals surface area contributed by atoms with Gasteiger partial charge in [0.25, 0.3) is 0 Å². The van der Waals surface area contributed by atoms with Crippen LogP contribution in [0.2, 0.25) is 0 Å². The summed E-state index contributed by atoms with van der Waals surface area (Å²) in [7, 11) is 0. The van der Waals surface area contributed by atoms with Crippen molar-refractivity contribution >= 4 is 28.7 Å². The Labute approximate surface area is 247 Å². The Morgan fingerprint density at radius 3 is 2.14 bits per heavy atom. The maximum atomic E-state index is 13.2. The second-order valence-corrected chi connectivity index (χ2v) is 10.6. The zero-order valence-corrected chi connectivity index (χ0v) is 24.7. The van der Waals surface area contributed by atoms with E-state index >= 15 is 0 Å². The summed E-state index contributed by atoms with van der Waals surface area (Å²) in [6.45, 7) is 6.23. The molecule has 0 N–H and O–H groups in total. The van der Waals surface area contributed by atoms with E-state index in [9.17, 15) is 14.4 Å². The van der Waals surface area contributed by atoms with Crippen LogP contribution in [0.4, 0.5) is 0 Å². The molecule has 0 unspecified atom stereocenters. The van der Waals surface area contributed by atoms with Gasteiger partial charge in [-0.2, -0.15) is 0 Å². The second-order valence-electron chi connectivity index (χ2n) is 10.6. The van der Waals surface area contributed by atoms with Gasteiger partial charge in [0.15, 0.2) is 12.2 Å². The molecule has 8 heteroatoms. The number of esters is 3. The molecule has 0 aliphatic rings. The molecule has 0 saturated carbocycles. The quantitative estimate of drug-likeness (QED) is 0.128. The fourth-order valence-electron chi connectivity index (χ4n) is 4.11. The SMILES string of the molecule is CCOC(=O)[C@H](OCC(=O)OC(C)(C)C)[C@@H](OCC=CCCc1ccc2ccccc2c1)C(=O)OCc1ccccc1. The normalized spacial score (nSPS) is 13.0. The van der Waals surface area contributed by atoms with Crippen molar-refractivity contribution in [1.82, 2.24) is 0 Å². The van der Waals surface area contributed by atoms with Gasteiger partial charge in [0.2, 0.25) is 0 Å². The van der Waals surface area contributed by atoms with Crippen LogP contribution in [0, 0.1) is 0 Å². The fraction of sp³-hybridized carbons (Fsp3) is 0.382. The van der Waals surface area contributed by atoms with Crippen LogP contribution in [-0.4, -0.2) is 55.5 Å². The molecule has 224 valence electrons. The van der Waals surface area contributed by atoms with E-state index in [1.165, 1.54) is 16.3 Å². The molecule has 0 aromatic heterocycles. The van der Waals surface area contributed by atoms with Crippen LogP contribution < -0.4 is 0 Å². The van der Waals surface area contributed by atoms with E-state index in [2.05, 4.69) is 30.3 Å². The Balaban J connectivity index is 1.66. The minimum atomic E-state index is -1.54. The molecule has 0 amide bonds. The van der Waals surface area contributed by atoms with Gasteiger partial charge in [0.1, 0.15) is 18.8 Å². The first kappa shape index (κ1) is 32.5. The van der Waals surface area contributed by atoms with Crippen molar-refractivity contribution in [2.75, 3.05) is 19.8 Å². The maximum absolute atomic E-state index is 13.2. The van der Waals surface area contributed by atoms with Crippen LogP contribution in [0.1, 0.15) is 45.2 Å². The van der Waals surface area contributed by atoms with Crippen LogP contribution in [-0.2, 0) is 51.1 Å². The van der Waals surface area contributed by atoms with Crippen molar-refractivity contribution in [3.05, 3.63) is 96.1 Å². The molecule has 0 aliphatic carbocycles. The number of hydrogen-bond acceptors (Lipinski definition) is 8. The number of carbonyl (C=O) groups excluding carboxylic acids is 3. The Hall–Kier alpha value is -4.01. The molecule has 2 atom stereocenters. The van der Waals surface area contributed by atoms with Crippen LogP contribution in [0.15, 0.2) is 84.9 Å². The van der Waals surface area contributed by atoms with Crippen LogP contribution in [0.25, 0.3) is 10.8 Å². The summed E-state index contributed by atoms with van der Waals surface area (Å²) in [5.74, 6) is -2.35. The molecule has 0 radical (unpaired) electrons. The molecule has 0 heterocycles. The zero-order valence-electron chi connectivity index (χ0n) is 24.7. The number of aryl methyl sites for hydroxylation is 1. The molecular formula is C34H40O8. The summed E-state index contributed by atoms with van der Waals surface area (Å²) in [6, 6.07) is 23.7. The minimum absolute atomic E-state index is 0.00846. The van der Waals surface area contributed by atoms with Gasteiger partial charge in [-0.1, -0.05) is 84.9 Å². The molecule has 0 fully saturated rings. The molecule has 0 aliphatic heterocycles. The minimum Gasteiger partial charge on any atom is -0.464 e. The lowest BCUT2D eigenvalue weighted by molar-refractivity contribution is -0.188. The number of allylic oxidation sites excluding steroid dienone is 1. The van der Waals surface area contributed by atoms with Gasteiger partial charge < -0.3 is 23.7 Å². The highest BCUT2D eigenvalue weighted by molar-refractivity contribution is 5.86. The number of fused-ring (bicyclic) bond motifs is 1. The van der Waals surface area contributed by atoms with Gasteiger partial charge in [-0.25, -0.2) is 14.4 Å². The molecule has 0 bridgehead atoms. The summed E-state index contributed by atoms with van der Waals surface area (Å²) < 4.78 is 27.3. The number of rotatable bonds is 15. The first-order valence-electron chi connectivity index (χ1n) is 14.1. The Kier molecular flexibility index (Phi) is 12.7. The first-order valence-corrected chi connectivity index (χ1v) is 14.1. The molecule has 3 aromatic carbocycles. The topological polar surface area (TPSA) is 97.4 Å². The lowest BCUT2D eigenvalue weighted by atomic mass is 10.0. The molecule has 3 rings (SSSR count). The predicted molar refractivity (Wildman–Crippen MR) is 160 cm³/mol. The van der Waals surface area contributed by atoms with Crippen molar-refractivity contribution < 1.29 is 38.1 Å². The summed E-state index contributed by atoms with van der Waals surface area (Å²) in [6.07, 6.45) is 2.29. The van der Waals surface area contributed by atoms with Gasteiger partial charge in [0.05, 0.1) is 13.2 Å². The largest absolute Gasteiger partial charge is 0.464 e. The molecule has 0 spiro atoms. The number of hydrogen-bond donors (Lipinski definition) is 0. The molecule has 3 aromatic rings. The third-order valence-corrected chi connectivity index (χ3v) is 6.00. The molecule has 8 nitrogen and oxygen atoms in total. The van der Waals surface area contributed by atoms with Crippen molar-refractivity contribution in [1.29, 1.82) is 0 Å². The number of carbonyl (C=O) groups is 3. The lowest BCUT2D eigenvalue weighted by Gasteiger charge is -2.25. The Morgan fingerprint density at radius 1 is 0.762 bits per heavy atom. The zero-order chi connectivity index (χ0) is 30.4. The second kappa shape index (κ2) is 16.4. The highest BCUT2D eigenvalue weighted by Gasteiger charge is 2.39. The van der Waals surface area contributed by atoms with Crippen LogP contribution >= 0.6 is 0 Å². The highest BCUT2D eigenvalue weighted by atomic mass is 16.6. The van der Waals surface area contributed by atoms with Crippen LogP contribution in [0.3, 0.4) is 0 Å². The van der Waals surface area contributed by atoms with Gasteiger partial charge in [0, 0.05) is 0 Å². The average Bonchev–Trinajstić information content (AvgIpc) is 2.96. The molecular weight excluding hydrogens is 536 g/mol. The molecule has 0 saturated heterocycles. The number of ether oxygens (including phenoxy) is 5. The monoisotopic (exact) mass is 576 g/mol. The predicted octanol–water partition coefficient (Wildman–Crippen LogP) is 5.75. The standard InChI is InChI=1S/C34H40O8/c1-5-38-32(36)31(40-24-29(35)42-34(2,3)4)30(33(37)41-23-26-15-8-6-9-16-26)39-21-13-7-10-14-25-19-20-27-17-11-12-18-28(27)22-25/h6-9,11-13,15-20,22,30-31H,5,10,14,21,23-24H2,1-4H3/t30-,31-/m1/s1. The summed E-state index contributed by atoms with van der Waals surface area (Å²) in [5.41, 5.74) is 1.22. The fourth-order valence-corrected chi connectivity index (χ4v) is 4.11. The van der Waals surface area contributed by atoms with E-state index in [4.69, 9.17) is 23.7 Å². The average molecular weight is 577 g/mol. The van der Waals surface area contributed by atoms with E-state index in [-0.39, 0.29) is 19.8 Å². The highest BCUT2D eigenvalue weighted by Crippen LogP contribution is 2.17. The van der Waals surface area contributed by atoms with Crippen LogP contribution in [0.5, 0.6) is 0 Å². The third-order valence-electron chi connectivity index (χ3n) is 6.00. The Morgan fingerprint density at radius 2 is 1.43 bits per heavy atom. The van der Waals surface area contributed by atoms with E-state index < -0.39 is 42.3 Å². The maximum Gasteiger partial charge on any atom is 0.339 e. The van der Waals surface area contributed by atoms with Crippen molar-refractivity contribution in [2.24, 2.45) is 0 Å². The first-order chi connectivity index (χ1) is 20.2. The van der Waals surface area contributed by atoms with Crippen molar-refractivity contribution in [2.45, 2.75) is 65.0 Å². The van der Waals surface area contributed by atoms with Crippen molar-refractivity contribution in [3.63, 3.8) is 0 Å². The molecule has 42 heavy (non-hydrogen) atoms. The lowest BCUT2D eigenvalue weighted by Crippen LogP contribution is -2.46. The van der Waals surface area contributed by atoms with E-state index in [0.29, 0.717) is 0 Å². The third kappa shape index (κ3) is 11.1. The van der Waals surface area contributed by atoms with E-state index in [0.717, 1.165) is 18.4 Å².